The number of amides is 1. The minimum absolute atomic E-state index is 0.0850. The number of hydrogen-bond donors (Lipinski definition) is 0. The summed E-state index contributed by atoms with van der Waals surface area (Å²) in [6, 6.07) is 23.4. The zero-order valence-electron chi connectivity index (χ0n) is 18.4. The third-order valence-electron chi connectivity index (χ3n) is 5.43. The molecular formula is C27H21ClN4OS. The van der Waals surface area contributed by atoms with Crippen molar-refractivity contribution in [2.45, 2.75) is 13.5 Å². The van der Waals surface area contributed by atoms with Crippen molar-refractivity contribution in [2.24, 2.45) is 4.99 Å². The van der Waals surface area contributed by atoms with Crippen LogP contribution in [0.5, 0.6) is 0 Å². The van der Waals surface area contributed by atoms with E-state index in [2.05, 4.69) is 4.98 Å². The highest BCUT2D eigenvalue weighted by Gasteiger charge is 2.33. The molecule has 5 rings (SSSR count). The molecule has 1 aliphatic heterocycles. The molecule has 1 fully saturated rings. The van der Waals surface area contributed by atoms with Gasteiger partial charge in [0.05, 0.1) is 17.1 Å². The predicted molar refractivity (Wildman–Crippen MR) is 139 cm³/mol. The highest BCUT2D eigenvalue weighted by atomic mass is 35.5. The van der Waals surface area contributed by atoms with Crippen LogP contribution < -0.4 is 0 Å². The van der Waals surface area contributed by atoms with E-state index >= 15 is 0 Å². The Balaban J connectivity index is 1.51. The van der Waals surface area contributed by atoms with Crippen LogP contribution in [0.4, 0.5) is 5.69 Å². The molecule has 7 heteroatoms. The summed E-state index contributed by atoms with van der Waals surface area (Å²) in [5.74, 6) is -0.0850. The first-order chi connectivity index (χ1) is 16.6. The van der Waals surface area contributed by atoms with E-state index in [1.165, 1.54) is 11.8 Å². The van der Waals surface area contributed by atoms with Crippen LogP contribution in [-0.4, -0.2) is 25.5 Å². The molecule has 1 saturated heterocycles. The number of carbonyl (C=O) groups is 1. The van der Waals surface area contributed by atoms with Crippen LogP contribution in [0.25, 0.3) is 11.8 Å². The predicted octanol–water partition coefficient (Wildman–Crippen LogP) is 6.64. The number of carbonyl (C=O) groups excluding carboxylic acids is 1. The van der Waals surface area contributed by atoms with Crippen LogP contribution >= 0.6 is 23.4 Å². The number of aromatic nitrogens is 2. The van der Waals surface area contributed by atoms with Crippen molar-refractivity contribution in [1.82, 2.24) is 14.5 Å². The van der Waals surface area contributed by atoms with Crippen molar-refractivity contribution in [3.05, 3.63) is 118 Å². The van der Waals surface area contributed by atoms with E-state index in [0.29, 0.717) is 21.6 Å². The Kier molecular flexibility index (Phi) is 6.34. The second-order valence-electron chi connectivity index (χ2n) is 7.83. The van der Waals surface area contributed by atoms with Gasteiger partial charge in [0.25, 0.3) is 5.91 Å². The number of aryl methyl sites for hydroxylation is 1. The molecule has 0 radical (unpaired) electrons. The lowest BCUT2D eigenvalue weighted by atomic mass is 10.2. The van der Waals surface area contributed by atoms with E-state index in [0.717, 1.165) is 28.2 Å². The Hall–Kier alpha value is -3.61. The number of halogens is 1. The number of aliphatic imine (C=N–C) groups is 1. The van der Waals surface area contributed by atoms with Crippen molar-refractivity contribution < 1.29 is 4.79 Å². The molecule has 2 aromatic carbocycles. The second-order valence-corrected chi connectivity index (χ2v) is 9.25. The molecule has 4 aromatic rings. The summed E-state index contributed by atoms with van der Waals surface area (Å²) in [4.78, 5) is 24.8. The minimum Gasteiger partial charge on any atom is -0.317 e. The zero-order valence-corrected chi connectivity index (χ0v) is 20.0. The summed E-state index contributed by atoms with van der Waals surface area (Å²) in [6.45, 7) is 2.38. The maximum atomic E-state index is 13.5. The molecule has 5 nitrogen and oxygen atoms in total. The Morgan fingerprint density at radius 1 is 1.06 bits per heavy atom. The van der Waals surface area contributed by atoms with Crippen LogP contribution in [0.1, 0.15) is 16.8 Å². The number of thioether (sulfide) groups is 1. The van der Waals surface area contributed by atoms with Crippen molar-refractivity contribution in [3.63, 3.8) is 0 Å². The smallest absolute Gasteiger partial charge is 0.267 e. The van der Waals surface area contributed by atoms with Gasteiger partial charge in [0, 0.05) is 35.0 Å². The molecule has 1 aliphatic rings. The summed E-state index contributed by atoms with van der Waals surface area (Å²) in [5.41, 5.74) is 4.59. The van der Waals surface area contributed by atoms with Crippen LogP contribution in [-0.2, 0) is 11.3 Å². The summed E-state index contributed by atoms with van der Waals surface area (Å²) in [7, 11) is 0. The van der Waals surface area contributed by atoms with E-state index in [4.69, 9.17) is 16.6 Å². The number of nitrogens with zero attached hydrogens (tertiary/aromatic N) is 4. The second kappa shape index (κ2) is 9.71. The molecule has 0 aliphatic carbocycles. The molecule has 3 heterocycles. The number of hydrogen-bond acceptors (Lipinski definition) is 4. The van der Waals surface area contributed by atoms with E-state index in [1.54, 1.807) is 17.3 Å². The molecule has 0 spiro atoms. The van der Waals surface area contributed by atoms with Crippen molar-refractivity contribution >= 4 is 46.2 Å². The fraction of sp³-hybridized carbons (Fsp3) is 0.0741. The quantitative estimate of drug-likeness (QED) is 0.298. The Labute approximate surface area is 207 Å². The van der Waals surface area contributed by atoms with Gasteiger partial charge >= 0.3 is 0 Å². The van der Waals surface area contributed by atoms with Gasteiger partial charge in [-0.3, -0.25) is 14.7 Å². The van der Waals surface area contributed by atoms with Crippen LogP contribution in [0.2, 0.25) is 5.02 Å². The molecule has 2 aromatic heterocycles. The number of pyridine rings is 1. The van der Waals surface area contributed by atoms with Crippen LogP contribution in [0.3, 0.4) is 0 Å². The molecule has 0 atom stereocenters. The fourth-order valence-electron chi connectivity index (χ4n) is 3.63. The van der Waals surface area contributed by atoms with E-state index in [-0.39, 0.29) is 5.91 Å². The minimum atomic E-state index is -0.0850. The Bertz CT molecular complexity index is 1400. The van der Waals surface area contributed by atoms with E-state index in [1.807, 2.05) is 96.6 Å². The summed E-state index contributed by atoms with van der Waals surface area (Å²) < 4.78 is 2.02. The van der Waals surface area contributed by atoms with Crippen LogP contribution in [0, 0.1) is 6.92 Å². The number of rotatable bonds is 5. The topological polar surface area (TPSA) is 50.5 Å². The average molecular weight is 485 g/mol. The van der Waals surface area contributed by atoms with E-state index < -0.39 is 0 Å². The van der Waals surface area contributed by atoms with Gasteiger partial charge in [0.1, 0.15) is 0 Å². The number of benzene rings is 2. The van der Waals surface area contributed by atoms with E-state index in [9.17, 15) is 4.79 Å². The van der Waals surface area contributed by atoms with Crippen molar-refractivity contribution in [3.8, 4) is 5.69 Å². The largest absolute Gasteiger partial charge is 0.317 e. The highest BCUT2D eigenvalue weighted by Crippen LogP contribution is 2.35. The Morgan fingerprint density at radius 2 is 1.91 bits per heavy atom. The van der Waals surface area contributed by atoms with Gasteiger partial charge in [-0.1, -0.05) is 41.9 Å². The van der Waals surface area contributed by atoms with Gasteiger partial charge in [0.15, 0.2) is 5.17 Å². The van der Waals surface area contributed by atoms with Gasteiger partial charge in [-0.2, -0.15) is 0 Å². The molecule has 34 heavy (non-hydrogen) atoms. The summed E-state index contributed by atoms with van der Waals surface area (Å²) in [6.07, 6.45) is 7.36. The highest BCUT2D eigenvalue weighted by molar-refractivity contribution is 8.18. The number of amidine groups is 1. The van der Waals surface area contributed by atoms with Crippen molar-refractivity contribution in [1.29, 1.82) is 0 Å². The normalized spacial score (nSPS) is 16.1. The molecule has 168 valence electrons. The standard InChI is InChI=1S/C27H21ClN4OS/c1-19-11-12-23(15-24(19)28)31-14-6-10-22(31)16-25-26(33)32(18-20-7-5-13-29-17-20)27(34-25)30-21-8-3-2-4-9-21/h2-17H,18H2,1H3/b25-16-,30-27?. The van der Waals surface area contributed by atoms with Gasteiger partial charge in [-0.15, -0.1) is 0 Å². The monoisotopic (exact) mass is 484 g/mol. The summed E-state index contributed by atoms with van der Waals surface area (Å²) >= 11 is 7.73. The lowest BCUT2D eigenvalue weighted by molar-refractivity contribution is -0.122. The summed E-state index contributed by atoms with van der Waals surface area (Å²) in [5, 5.41) is 1.35. The molecule has 0 saturated carbocycles. The average Bonchev–Trinajstić information content (AvgIpc) is 3.43. The maximum absolute atomic E-state index is 13.5. The van der Waals surface area contributed by atoms with Gasteiger partial charge in [-0.05, 0) is 78.4 Å². The third kappa shape index (κ3) is 4.69. The van der Waals surface area contributed by atoms with Crippen molar-refractivity contribution in [2.75, 3.05) is 0 Å². The molecule has 0 N–H and O–H groups in total. The first-order valence-corrected chi connectivity index (χ1v) is 12.0. The van der Waals surface area contributed by atoms with Gasteiger partial charge in [0.2, 0.25) is 0 Å². The van der Waals surface area contributed by atoms with Crippen LogP contribution in [0.15, 0.2) is 101 Å². The SMILES string of the molecule is Cc1ccc(-n2cccc2/C=C2\SC(=Nc3ccccc3)N(Cc3cccnc3)C2=O)cc1Cl. The first-order valence-electron chi connectivity index (χ1n) is 10.8. The molecule has 0 bridgehead atoms. The maximum Gasteiger partial charge on any atom is 0.267 e. The number of para-hydroxylation sites is 1. The fourth-order valence-corrected chi connectivity index (χ4v) is 4.79. The third-order valence-corrected chi connectivity index (χ3v) is 6.84. The van der Waals surface area contributed by atoms with Gasteiger partial charge < -0.3 is 4.57 Å². The zero-order chi connectivity index (χ0) is 23.5. The molecule has 0 unspecified atom stereocenters. The lowest BCUT2D eigenvalue weighted by Crippen LogP contribution is -2.28. The lowest BCUT2D eigenvalue weighted by Gasteiger charge is -2.15. The molecular weight excluding hydrogens is 464 g/mol. The molecule has 1 amide bonds. The first kappa shape index (κ1) is 22.2. The van der Waals surface area contributed by atoms with Gasteiger partial charge in [-0.25, -0.2) is 4.99 Å². The Morgan fingerprint density at radius 3 is 2.68 bits per heavy atom.